The number of nitrogens with two attached hydrogens (primary N) is 1. The molecular formula is C14H22BrClN2O. The molecule has 0 bridgehead atoms. The minimum atomic E-state index is 0. The van der Waals surface area contributed by atoms with Crippen molar-refractivity contribution >= 4 is 28.3 Å². The lowest BCUT2D eigenvalue weighted by Gasteiger charge is -2.35. The molecule has 0 radical (unpaired) electrons. The maximum atomic E-state index is 5.86. The summed E-state index contributed by atoms with van der Waals surface area (Å²) in [6.45, 7) is 2.84. The summed E-state index contributed by atoms with van der Waals surface area (Å²) in [5.74, 6) is 0.912. The van der Waals surface area contributed by atoms with E-state index < -0.39 is 0 Å². The summed E-state index contributed by atoms with van der Waals surface area (Å²) in [6, 6.07) is 6.66. The lowest BCUT2D eigenvalue weighted by atomic mass is 10.0. The number of rotatable bonds is 4. The highest BCUT2D eigenvalue weighted by atomic mass is 79.9. The van der Waals surface area contributed by atoms with E-state index in [1.807, 2.05) is 6.07 Å². The van der Waals surface area contributed by atoms with E-state index in [-0.39, 0.29) is 12.4 Å². The average Bonchev–Trinajstić information content (AvgIpc) is 2.42. The highest BCUT2D eigenvalue weighted by molar-refractivity contribution is 9.10. The molecule has 0 saturated carbocycles. The lowest BCUT2D eigenvalue weighted by Crippen LogP contribution is -2.43. The van der Waals surface area contributed by atoms with Crippen molar-refractivity contribution in [2.75, 3.05) is 20.2 Å². The Balaban J connectivity index is 0.00000180. The van der Waals surface area contributed by atoms with Gasteiger partial charge in [0, 0.05) is 23.6 Å². The van der Waals surface area contributed by atoms with Crippen LogP contribution in [0.5, 0.6) is 5.75 Å². The third-order valence-corrected chi connectivity index (χ3v) is 4.42. The fourth-order valence-corrected chi connectivity index (χ4v) is 2.93. The summed E-state index contributed by atoms with van der Waals surface area (Å²) in [5.41, 5.74) is 7.14. The molecule has 1 aromatic carbocycles. The number of hydrogen-bond acceptors (Lipinski definition) is 3. The quantitative estimate of drug-likeness (QED) is 0.907. The van der Waals surface area contributed by atoms with Gasteiger partial charge in [0.15, 0.2) is 0 Å². The average molecular weight is 350 g/mol. The van der Waals surface area contributed by atoms with Crippen LogP contribution in [0.15, 0.2) is 22.7 Å². The number of ether oxygens (including phenoxy) is 1. The Labute approximate surface area is 130 Å². The largest absolute Gasteiger partial charge is 0.497 e. The second kappa shape index (κ2) is 8.10. The Kier molecular flexibility index (Phi) is 7.15. The van der Waals surface area contributed by atoms with Crippen LogP contribution in [0.2, 0.25) is 0 Å². The summed E-state index contributed by atoms with van der Waals surface area (Å²) < 4.78 is 6.43. The molecule has 1 atom stereocenters. The molecule has 1 aromatic rings. The van der Waals surface area contributed by atoms with Gasteiger partial charge in [-0.2, -0.15) is 0 Å². The van der Waals surface area contributed by atoms with Crippen LogP contribution in [0.3, 0.4) is 0 Å². The number of halogens is 2. The Morgan fingerprint density at radius 1 is 1.42 bits per heavy atom. The first-order chi connectivity index (χ1) is 8.74. The summed E-state index contributed by atoms with van der Waals surface area (Å²) >= 11 is 3.61. The molecule has 5 heteroatoms. The maximum Gasteiger partial charge on any atom is 0.119 e. The Hall–Kier alpha value is -0.290. The molecule has 1 saturated heterocycles. The van der Waals surface area contributed by atoms with Crippen LogP contribution in [0, 0.1) is 0 Å². The molecule has 0 aliphatic carbocycles. The van der Waals surface area contributed by atoms with Crippen molar-refractivity contribution in [1.29, 1.82) is 0 Å². The highest BCUT2D eigenvalue weighted by Crippen LogP contribution is 2.26. The van der Waals surface area contributed by atoms with Crippen molar-refractivity contribution < 1.29 is 4.74 Å². The van der Waals surface area contributed by atoms with Crippen molar-refractivity contribution in [3.8, 4) is 5.75 Å². The topological polar surface area (TPSA) is 38.5 Å². The predicted molar refractivity (Wildman–Crippen MR) is 85.0 cm³/mol. The van der Waals surface area contributed by atoms with E-state index in [2.05, 4.69) is 33.0 Å². The standard InChI is InChI=1S/C14H21BrN2O.ClH/c1-18-13-5-6-14(15)11(8-13)10-17-7-3-2-4-12(17)9-16;/h5-6,8,12H,2-4,7,9-10,16H2,1H3;1H. The third-order valence-electron chi connectivity index (χ3n) is 3.65. The number of nitrogens with zero attached hydrogens (tertiary/aromatic N) is 1. The zero-order valence-electron chi connectivity index (χ0n) is 11.3. The molecule has 1 fully saturated rings. The third kappa shape index (κ3) is 4.35. The van der Waals surface area contributed by atoms with E-state index in [1.54, 1.807) is 7.11 Å². The first-order valence-electron chi connectivity index (χ1n) is 6.51. The van der Waals surface area contributed by atoms with Crippen molar-refractivity contribution in [2.24, 2.45) is 5.73 Å². The summed E-state index contributed by atoms with van der Waals surface area (Å²) in [5, 5.41) is 0. The van der Waals surface area contributed by atoms with E-state index in [4.69, 9.17) is 10.5 Å². The molecule has 2 rings (SSSR count). The second-order valence-corrected chi connectivity index (χ2v) is 5.67. The van der Waals surface area contributed by atoms with Gasteiger partial charge in [-0.3, -0.25) is 4.90 Å². The number of methoxy groups -OCH3 is 1. The number of hydrogen-bond donors (Lipinski definition) is 1. The van der Waals surface area contributed by atoms with E-state index in [0.717, 1.165) is 29.9 Å². The fourth-order valence-electron chi connectivity index (χ4n) is 2.55. The highest BCUT2D eigenvalue weighted by Gasteiger charge is 2.21. The molecule has 0 amide bonds. The molecule has 19 heavy (non-hydrogen) atoms. The first kappa shape index (κ1) is 16.8. The number of benzene rings is 1. The first-order valence-corrected chi connectivity index (χ1v) is 7.30. The summed E-state index contributed by atoms with van der Waals surface area (Å²) in [7, 11) is 1.70. The second-order valence-electron chi connectivity index (χ2n) is 4.81. The van der Waals surface area contributed by atoms with Gasteiger partial charge in [-0.25, -0.2) is 0 Å². The van der Waals surface area contributed by atoms with Crippen LogP contribution in [0.4, 0.5) is 0 Å². The predicted octanol–water partition coefficient (Wildman–Crippen LogP) is 3.19. The van der Waals surface area contributed by atoms with E-state index >= 15 is 0 Å². The van der Waals surface area contributed by atoms with E-state index in [9.17, 15) is 0 Å². The van der Waals surface area contributed by atoms with Crippen molar-refractivity contribution in [3.63, 3.8) is 0 Å². The minimum absolute atomic E-state index is 0. The van der Waals surface area contributed by atoms with Gasteiger partial charge >= 0.3 is 0 Å². The van der Waals surface area contributed by atoms with Gasteiger partial charge in [-0.1, -0.05) is 22.4 Å². The molecule has 0 aromatic heterocycles. The molecule has 108 valence electrons. The van der Waals surface area contributed by atoms with Crippen molar-refractivity contribution in [1.82, 2.24) is 4.90 Å². The monoisotopic (exact) mass is 348 g/mol. The van der Waals surface area contributed by atoms with Gasteiger partial charge < -0.3 is 10.5 Å². The maximum absolute atomic E-state index is 5.86. The van der Waals surface area contributed by atoms with Gasteiger partial charge in [0.2, 0.25) is 0 Å². The number of likely N-dealkylation sites (tertiary alicyclic amines) is 1. The van der Waals surface area contributed by atoms with Gasteiger partial charge in [-0.15, -0.1) is 12.4 Å². The van der Waals surface area contributed by atoms with Crippen molar-refractivity contribution in [3.05, 3.63) is 28.2 Å². The fraction of sp³-hybridized carbons (Fsp3) is 0.571. The lowest BCUT2D eigenvalue weighted by molar-refractivity contribution is 0.144. The van der Waals surface area contributed by atoms with Crippen LogP contribution in [0.25, 0.3) is 0 Å². The minimum Gasteiger partial charge on any atom is -0.497 e. The molecule has 3 nitrogen and oxygen atoms in total. The molecular weight excluding hydrogens is 328 g/mol. The van der Waals surface area contributed by atoms with Crippen LogP contribution in [-0.2, 0) is 6.54 Å². The zero-order chi connectivity index (χ0) is 13.0. The van der Waals surface area contributed by atoms with Crippen LogP contribution >= 0.6 is 28.3 Å². The van der Waals surface area contributed by atoms with Gasteiger partial charge in [-0.05, 0) is 43.1 Å². The normalized spacial score (nSPS) is 19.8. The number of piperidine rings is 1. The molecule has 1 unspecified atom stereocenters. The zero-order valence-corrected chi connectivity index (χ0v) is 13.7. The van der Waals surface area contributed by atoms with Gasteiger partial charge in [0.1, 0.15) is 5.75 Å². The Morgan fingerprint density at radius 3 is 2.89 bits per heavy atom. The summed E-state index contributed by atoms with van der Waals surface area (Å²) in [6.07, 6.45) is 3.80. The Bertz CT molecular complexity index is 403. The molecule has 1 heterocycles. The van der Waals surface area contributed by atoms with E-state index in [1.165, 1.54) is 24.8 Å². The van der Waals surface area contributed by atoms with E-state index in [0.29, 0.717) is 6.04 Å². The molecule has 0 spiro atoms. The molecule has 2 N–H and O–H groups in total. The summed E-state index contributed by atoms with van der Waals surface area (Å²) in [4.78, 5) is 2.49. The Morgan fingerprint density at radius 2 is 2.21 bits per heavy atom. The van der Waals surface area contributed by atoms with Crippen LogP contribution < -0.4 is 10.5 Å². The molecule has 1 aliphatic rings. The van der Waals surface area contributed by atoms with Crippen LogP contribution in [0.1, 0.15) is 24.8 Å². The smallest absolute Gasteiger partial charge is 0.119 e. The van der Waals surface area contributed by atoms with Crippen molar-refractivity contribution in [2.45, 2.75) is 31.8 Å². The SMILES string of the molecule is COc1ccc(Br)c(CN2CCCCC2CN)c1.Cl. The van der Waals surface area contributed by atoms with Gasteiger partial charge in [0.05, 0.1) is 7.11 Å². The van der Waals surface area contributed by atoms with Crippen LogP contribution in [-0.4, -0.2) is 31.1 Å². The van der Waals surface area contributed by atoms with Gasteiger partial charge in [0.25, 0.3) is 0 Å². The molecule has 1 aliphatic heterocycles.